The zero-order valence-corrected chi connectivity index (χ0v) is 19.4. The molecule has 2 aromatic rings. The zero-order valence-electron chi connectivity index (χ0n) is 18.6. The second-order valence-electron chi connectivity index (χ2n) is 9.69. The Morgan fingerprint density at radius 3 is 2.48 bits per heavy atom. The monoisotopic (exact) mass is 445 g/mol. The van der Waals surface area contributed by atoms with Crippen LogP contribution in [0.4, 0.5) is 5.82 Å². The van der Waals surface area contributed by atoms with E-state index in [9.17, 15) is 0 Å². The zero-order chi connectivity index (χ0) is 21.0. The fourth-order valence-electron chi connectivity index (χ4n) is 5.69. The Bertz CT molecular complexity index is 849. The third-order valence-corrected chi connectivity index (χ3v) is 7.70. The summed E-state index contributed by atoms with van der Waals surface area (Å²) >= 11 is 6.30. The third-order valence-electron chi connectivity index (χ3n) is 7.53. The lowest BCUT2D eigenvalue weighted by atomic mass is 9.92. The summed E-state index contributed by atoms with van der Waals surface area (Å²) in [6.07, 6.45) is 16.3. The van der Waals surface area contributed by atoms with Crippen molar-refractivity contribution in [3.8, 4) is 0 Å². The van der Waals surface area contributed by atoms with E-state index in [1.807, 2.05) is 6.33 Å². The fraction of sp³-hybridized carbons (Fsp3) is 0.783. The molecule has 8 heteroatoms. The highest BCUT2D eigenvalue weighted by atomic mass is 35.5. The van der Waals surface area contributed by atoms with Gasteiger partial charge >= 0.3 is 0 Å². The highest BCUT2D eigenvalue weighted by molar-refractivity contribution is 6.28. The number of fused-ring (bicyclic) bond motifs is 1. The highest BCUT2D eigenvalue weighted by Gasteiger charge is 2.24. The molecule has 0 amide bonds. The molecule has 7 nitrogen and oxygen atoms in total. The van der Waals surface area contributed by atoms with Gasteiger partial charge in [0.2, 0.25) is 5.28 Å². The molecule has 2 saturated heterocycles. The van der Waals surface area contributed by atoms with E-state index in [4.69, 9.17) is 11.6 Å². The van der Waals surface area contributed by atoms with Gasteiger partial charge in [-0.15, -0.1) is 0 Å². The molecule has 0 bridgehead atoms. The molecule has 2 aliphatic heterocycles. The normalized spacial score (nSPS) is 22.5. The molecule has 3 aliphatic rings. The number of rotatable bonds is 7. The van der Waals surface area contributed by atoms with Gasteiger partial charge in [0.1, 0.15) is 0 Å². The first-order valence-corrected chi connectivity index (χ1v) is 12.8. The van der Waals surface area contributed by atoms with Crippen LogP contribution >= 0.6 is 11.6 Å². The molecule has 1 N–H and O–H groups in total. The predicted octanol–water partition coefficient (Wildman–Crippen LogP) is 4.90. The van der Waals surface area contributed by atoms with E-state index in [2.05, 4.69) is 34.9 Å². The van der Waals surface area contributed by atoms with Crippen molar-refractivity contribution in [2.45, 2.75) is 76.7 Å². The summed E-state index contributed by atoms with van der Waals surface area (Å²) in [6, 6.07) is 0.490. The lowest BCUT2D eigenvalue weighted by molar-refractivity contribution is 0.188. The lowest BCUT2D eigenvalue weighted by Gasteiger charge is -2.33. The van der Waals surface area contributed by atoms with E-state index in [1.165, 1.54) is 90.3 Å². The Balaban J connectivity index is 1.15. The van der Waals surface area contributed by atoms with Gasteiger partial charge in [-0.2, -0.15) is 9.97 Å². The maximum absolute atomic E-state index is 6.30. The minimum atomic E-state index is 0.294. The number of nitrogens with one attached hydrogen (secondary N) is 1. The van der Waals surface area contributed by atoms with Gasteiger partial charge in [-0.3, -0.25) is 0 Å². The van der Waals surface area contributed by atoms with Crippen molar-refractivity contribution in [3.05, 3.63) is 11.6 Å². The standard InChI is InChI=1S/C23H36ClN7/c24-23-26-21(20-22(27-23)31(17-25-20)19-8-2-3-9-19)28-30-15-10-18(11-16-30)7-6-14-29-12-4-1-5-13-29/h17-19H,1-16H2,(H,26,27,28). The SMILES string of the molecule is Clc1nc(NN2CCC(CCCN3CCCCC3)CC2)c2ncn(C3CCCC3)c2n1. The molecular weight excluding hydrogens is 410 g/mol. The first-order valence-electron chi connectivity index (χ1n) is 12.4. The first-order chi connectivity index (χ1) is 15.3. The number of aromatic nitrogens is 4. The molecule has 170 valence electrons. The van der Waals surface area contributed by atoms with E-state index in [-0.39, 0.29) is 0 Å². The molecule has 0 spiro atoms. The molecule has 4 heterocycles. The van der Waals surface area contributed by atoms with Crippen LogP contribution in [0, 0.1) is 5.92 Å². The van der Waals surface area contributed by atoms with Crippen LogP contribution in [0.5, 0.6) is 0 Å². The Hall–Kier alpha value is -1.44. The largest absolute Gasteiger partial charge is 0.312 e. The van der Waals surface area contributed by atoms with Crippen molar-refractivity contribution in [3.63, 3.8) is 0 Å². The van der Waals surface area contributed by atoms with Gasteiger partial charge in [0.05, 0.1) is 6.33 Å². The van der Waals surface area contributed by atoms with Gasteiger partial charge in [-0.05, 0) is 88.5 Å². The van der Waals surface area contributed by atoms with Crippen molar-refractivity contribution in [2.24, 2.45) is 5.92 Å². The van der Waals surface area contributed by atoms with Gasteiger partial charge in [-0.25, -0.2) is 9.99 Å². The number of imidazole rings is 1. The number of hydrogen-bond donors (Lipinski definition) is 1. The number of nitrogens with zero attached hydrogens (tertiary/aromatic N) is 6. The Morgan fingerprint density at radius 1 is 0.935 bits per heavy atom. The summed E-state index contributed by atoms with van der Waals surface area (Å²) in [5.41, 5.74) is 5.21. The Labute approximate surface area is 190 Å². The second-order valence-corrected chi connectivity index (χ2v) is 10.0. The smallest absolute Gasteiger partial charge is 0.226 e. The molecule has 3 fully saturated rings. The van der Waals surface area contributed by atoms with Crippen LogP contribution in [0.15, 0.2) is 6.33 Å². The van der Waals surface area contributed by atoms with E-state index in [0.29, 0.717) is 11.3 Å². The molecule has 5 rings (SSSR count). The van der Waals surface area contributed by atoms with E-state index in [0.717, 1.165) is 36.0 Å². The van der Waals surface area contributed by atoms with Crippen LogP contribution in [-0.4, -0.2) is 62.2 Å². The average Bonchev–Trinajstić information content (AvgIpc) is 3.45. The van der Waals surface area contributed by atoms with Crippen LogP contribution in [0.3, 0.4) is 0 Å². The Kier molecular flexibility index (Phi) is 6.91. The quantitative estimate of drug-likeness (QED) is 0.611. The molecule has 2 aromatic heterocycles. The summed E-state index contributed by atoms with van der Waals surface area (Å²) in [5, 5.41) is 2.58. The number of piperidine rings is 2. The maximum atomic E-state index is 6.30. The van der Waals surface area contributed by atoms with Crippen molar-refractivity contribution >= 4 is 28.6 Å². The van der Waals surface area contributed by atoms with E-state index in [1.54, 1.807) is 0 Å². The van der Waals surface area contributed by atoms with Gasteiger partial charge in [0, 0.05) is 19.1 Å². The van der Waals surface area contributed by atoms with Crippen molar-refractivity contribution in [2.75, 3.05) is 38.1 Å². The Morgan fingerprint density at radius 2 is 1.71 bits per heavy atom. The summed E-state index contributed by atoms with van der Waals surface area (Å²) in [5.74, 6) is 1.59. The van der Waals surface area contributed by atoms with Gasteiger partial charge in [0.25, 0.3) is 0 Å². The van der Waals surface area contributed by atoms with Gasteiger partial charge in [0.15, 0.2) is 17.0 Å². The number of hydrogen-bond acceptors (Lipinski definition) is 6. The number of anilines is 1. The average molecular weight is 446 g/mol. The molecule has 0 unspecified atom stereocenters. The fourth-order valence-corrected chi connectivity index (χ4v) is 5.85. The summed E-state index contributed by atoms with van der Waals surface area (Å²) in [6.45, 7) is 6.00. The first kappa shape index (κ1) is 21.4. The van der Waals surface area contributed by atoms with Gasteiger partial charge in [-0.1, -0.05) is 19.3 Å². The molecule has 0 aromatic carbocycles. The van der Waals surface area contributed by atoms with E-state index < -0.39 is 0 Å². The van der Waals surface area contributed by atoms with Gasteiger partial charge < -0.3 is 14.9 Å². The summed E-state index contributed by atoms with van der Waals surface area (Å²) in [4.78, 5) is 16.3. The topological polar surface area (TPSA) is 62.1 Å². The number of halogens is 1. The second kappa shape index (κ2) is 10.0. The van der Waals surface area contributed by atoms with E-state index >= 15 is 0 Å². The third kappa shape index (κ3) is 5.15. The van der Waals surface area contributed by atoms with Crippen LogP contribution in [0.2, 0.25) is 5.28 Å². The van der Waals surface area contributed by atoms with Crippen LogP contribution < -0.4 is 5.43 Å². The highest BCUT2D eigenvalue weighted by Crippen LogP contribution is 2.33. The molecule has 0 radical (unpaired) electrons. The summed E-state index contributed by atoms with van der Waals surface area (Å²) < 4.78 is 2.20. The predicted molar refractivity (Wildman–Crippen MR) is 125 cm³/mol. The van der Waals surface area contributed by atoms with Crippen molar-refractivity contribution < 1.29 is 0 Å². The molecular formula is C23H36ClN7. The van der Waals surface area contributed by atoms with Crippen LogP contribution in [0.1, 0.15) is 76.7 Å². The van der Waals surface area contributed by atoms with Crippen molar-refractivity contribution in [1.82, 2.24) is 29.4 Å². The lowest BCUT2D eigenvalue weighted by Crippen LogP contribution is -2.38. The van der Waals surface area contributed by atoms with Crippen molar-refractivity contribution in [1.29, 1.82) is 0 Å². The maximum Gasteiger partial charge on any atom is 0.226 e. The number of hydrazine groups is 1. The number of likely N-dealkylation sites (tertiary alicyclic amines) is 1. The van der Waals surface area contributed by atoms with Crippen LogP contribution in [0.25, 0.3) is 11.2 Å². The molecule has 31 heavy (non-hydrogen) atoms. The molecule has 1 aliphatic carbocycles. The molecule has 1 saturated carbocycles. The molecule has 0 atom stereocenters. The summed E-state index contributed by atoms with van der Waals surface area (Å²) in [7, 11) is 0. The minimum Gasteiger partial charge on any atom is -0.312 e. The minimum absolute atomic E-state index is 0.294. The van der Waals surface area contributed by atoms with Crippen LogP contribution in [-0.2, 0) is 0 Å².